The van der Waals surface area contributed by atoms with Crippen molar-refractivity contribution in [2.75, 3.05) is 0 Å². The Morgan fingerprint density at radius 2 is 1.44 bits per heavy atom. The van der Waals surface area contributed by atoms with Crippen LogP contribution in [0.15, 0.2) is 12.2 Å². The summed E-state index contributed by atoms with van der Waals surface area (Å²) >= 11 is 0. The zero-order valence-corrected chi connectivity index (χ0v) is 11.6. The van der Waals surface area contributed by atoms with Gasteiger partial charge in [-0.15, -0.1) is 0 Å². The molecule has 16 heavy (non-hydrogen) atoms. The molecule has 0 rings (SSSR count). The summed E-state index contributed by atoms with van der Waals surface area (Å²) in [5.41, 5.74) is 5.96. The molecule has 0 spiro atoms. The van der Waals surface area contributed by atoms with E-state index < -0.39 is 0 Å². The highest BCUT2D eigenvalue weighted by Crippen LogP contribution is 2.12. The second-order valence-corrected chi connectivity index (χ2v) is 5.56. The lowest BCUT2D eigenvalue weighted by atomic mass is 9.97. The van der Waals surface area contributed by atoms with Crippen LogP contribution in [0.25, 0.3) is 0 Å². The van der Waals surface area contributed by atoms with E-state index in [9.17, 15) is 0 Å². The highest BCUT2D eigenvalue weighted by Gasteiger charge is 2.08. The summed E-state index contributed by atoms with van der Waals surface area (Å²) in [4.78, 5) is 0. The van der Waals surface area contributed by atoms with Crippen molar-refractivity contribution in [2.24, 2.45) is 5.73 Å². The van der Waals surface area contributed by atoms with E-state index in [0.717, 1.165) is 6.42 Å². The van der Waals surface area contributed by atoms with Crippen LogP contribution in [-0.2, 0) is 0 Å². The fraction of sp³-hybridized carbons (Fsp3) is 0.867. The number of rotatable bonds is 10. The van der Waals surface area contributed by atoms with E-state index in [0.29, 0.717) is 0 Å². The predicted molar refractivity (Wildman–Crippen MR) is 74.6 cm³/mol. The Balaban J connectivity index is 3.13. The quantitative estimate of drug-likeness (QED) is 0.419. The molecule has 0 unspecified atom stereocenters. The van der Waals surface area contributed by atoms with Crippen LogP contribution in [0.5, 0.6) is 0 Å². The molecule has 0 radical (unpaired) electrons. The molecule has 0 bridgehead atoms. The van der Waals surface area contributed by atoms with Crippen molar-refractivity contribution >= 4 is 0 Å². The normalized spacial score (nSPS) is 12.5. The number of nitrogens with two attached hydrogens (primary N) is 1. The summed E-state index contributed by atoms with van der Waals surface area (Å²) in [6, 6.07) is 0. The van der Waals surface area contributed by atoms with E-state index >= 15 is 0 Å². The minimum absolute atomic E-state index is 0.0278. The second-order valence-electron chi connectivity index (χ2n) is 5.56. The van der Waals surface area contributed by atoms with Gasteiger partial charge in [0.2, 0.25) is 0 Å². The Labute approximate surface area is 102 Å². The molecule has 0 aliphatic rings. The number of hydrogen-bond acceptors (Lipinski definition) is 1. The van der Waals surface area contributed by atoms with Gasteiger partial charge >= 0.3 is 0 Å². The van der Waals surface area contributed by atoms with Crippen molar-refractivity contribution in [2.45, 2.75) is 84.1 Å². The molecule has 0 aliphatic carbocycles. The third-order valence-corrected chi connectivity index (χ3v) is 2.83. The molecule has 2 N–H and O–H groups in total. The molecule has 0 amide bonds. The minimum Gasteiger partial charge on any atom is -0.326 e. The van der Waals surface area contributed by atoms with E-state index in [1.165, 1.54) is 51.4 Å². The summed E-state index contributed by atoms with van der Waals surface area (Å²) in [5.74, 6) is 0. The molecular formula is C15H31N. The average molecular weight is 225 g/mol. The molecule has 0 aliphatic heterocycles. The van der Waals surface area contributed by atoms with Gasteiger partial charge in [0, 0.05) is 5.54 Å². The molecule has 96 valence electrons. The van der Waals surface area contributed by atoms with Crippen LogP contribution >= 0.6 is 0 Å². The Morgan fingerprint density at radius 1 is 0.875 bits per heavy atom. The second kappa shape index (κ2) is 9.89. The van der Waals surface area contributed by atoms with Gasteiger partial charge in [-0.05, 0) is 39.5 Å². The highest BCUT2D eigenvalue weighted by atomic mass is 14.7. The summed E-state index contributed by atoms with van der Waals surface area (Å²) in [6.45, 7) is 6.47. The van der Waals surface area contributed by atoms with Gasteiger partial charge in [-0.1, -0.05) is 51.2 Å². The van der Waals surface area contributed by atoms with Crippen LogP contribution in [0.2, 0.25) is 0 Å². The smallest absolute Gasteiger partial charge is 0.00970 e. The van der Waals surface area contributed by atoms with Crippen LogP contribution < -0.4 is 5.73 Å². The van der Waals surface area contributed by atoms with Gasteiger partial charge in [0.05, 0.1) is 0 Å². The third kappa shape index (κ3) is 13.7. The van der Waals surface area contributed by atoms with Gasteiger partial charge in [0.25, 0.3) is 0 Å². The van der Waals surface area contributed by atoms with E-state index in [4.69, 9.17) is 5.73 Å². The molecular weight excluding hydrogens is 194 g/mol. The topological polar surface area (TPSA) is 26.0 Å². The van der Waals surface area contributed by atoms with Crippen molar-refractivity contribution in [1.29, 1.82) is 0 Å². The summed E-state index contributed by atoms with van der Waals surface area (Å²) < 4.78 is 0. The predicted octanol–water partition coefficient (Wildman–Crippen LogP) is 4.81. The van der Waals surface area contributed by atoms with Gasteiger partial charge in [-0.25, -0.2) is 0 Å². The molecule has 1 nitrogen and oxygen atoms in total. The molecule has 0 saturated heterocycles. The molecule has 0 atom stereocenters. The molecule has 0 aromatic rings. The number of allylic oxidation sites excluding steroid dienone is 2. The molecule has 0 heterocycles. The van der Waals surface area contributed by atoms with Gasteiger partial charge < -0.3 is 5.73 Å². The maximum absolute atomic E-state index is 5.93. The molecule has 0 fully saturated rings. The highest BCUT2D eigenvalue weighted by molar-refractivity contribution is 4.81. The largest absolute Gasteiger partial charge is 0.326 e. The lowest BCUT2D eigenvalue weighted by Gasteiger charge is -2.17. The minimum atomic E-state index is 0.0278. The Hall–Kier alpha value is -0.300. The maximum atomic E-state index is 5.93. The lowest BCUT2D eigenvalue weighted by Crippen LogP contribution is -2.31. The SMILES string of the molecule is CCCC/C=C/CCCCCCC(C)(C)N. The van der Waals surface area contributed by atoms with E-state index in [-0.39, 0.29) is 5.54 Å². The van der Waals surface area contributed by atoms with Crippen molar-refractivity contribution in [1.82, 2.24) is 0 Å². The molecule has 1 heteroatoms. The average Bonchev–Trinajstić information content (AvgIpc) is 2.19. The van der Waals surface area contributed by atoms with Crippen molar-refractivity contribution in [3.05, 3.63) is 12.2 Å². The van der Waals surface area contributed by atoms with Gasteiger partial charge in [0.1, 0.15) is 0 Å². The fourth-order valence-corrected chi connectivity index (χ4v) is 1.75. The van der Waals surface area contributed by atoms with Gasteiger partial charge in [-0.3, -0.25) is 0 Å². The Bertz CT molecular complexity index is 165. The number of hydrogen-bond donors (Lipinski definition) is 1. The monoisotopic (exact) mass is 225 g/mol. The van der Waals surface area contributed by atoms with Crippen molar-refractivity contribution < 1.29 is 0 Å². The van der Waals surface area contributed by atoms with Crippen LogP contribution in [0.3, 0.4) is 0 Å². The zero-order chi connectivity index (χ0) is 12.3. The molecule has 0 aromatic carbocycles. The Morgan fingerprint density at radius 3 is 2.00 bits per heavy atom. The van der Waals surface area contributed by atoms with Crippen LogP contribution in [0.1, 0.15) is 78.6 Å². The van der Waals surface area contributed by atoms with E-state index in [1.54, 1.807) is 0 Å². The maximum Gasteiger partial charge on any atom is 0.00970 e. The summed E-state index contributed by atoms with van der Waals surface area (Å²) in [6.07, 6.45) is 16.3. The molecule has 0 aromatic heterocycles. The Kier molecular flexibility index (Phi) is 9.71. The first-order valence-corrected chi connectivity index (χ1v) is 7.00. The summed E-state index contributed by atoms with van der Waals surface area (Å²) in [5, 5.41) is 0. The lowest BCUT2D eigenvalue weighted by molar-refractivity contribution is 0.443. The van der Waals surface area contributed by atoms with Gasteiger partial charge in [0.15, 0.2) is 0 Å². The van der Waals surface area contributed by atoms with Crippen LogP contribution in [0, 0.1) is 0 Å². The van der Waals surface area contributed by atoms with Gasteiger partial charge in [-0.2, -0.15) is 0 Å². The fourth-order valence-electron chi connectivity index (χ4n) is 1.75. The van der Waals surface area contributed by atoms with E-state index in [2.05, 4.69) is 32.9 Å². The first-order chi connectivity index (χ1) is 7.56. The zero-order valence-electron chi connectivity index (χ0n) is 11.6. The first kappa shape index (κ1) is 15.7. The van der Waals surface area contributed by atoms with Crippen LogP contribution in [0.4, 0.5) is 0 Å². The summed E-state index contributed by atoms with van der Waals surface area (Å²) in [7, 11) is 0. The third-order valence-electron chi connectivity index (χ3n) is 2.83. The standard InChI is InChI=1S/C15H31N/c1-4-5-6-7-8-9-10-11-12-13-14-15(2,3)16/h7-8H,4-6,9-14,16H2,1-3H3/b8-7+. The molecule has 0 saturated carbocycles. The van der Waals surface area contributed by atoms with Crippen LogP contribution in [-0.4, -0.2) is 5.54 Å². The van der Waals surface area contributed by atoms with E-state index in [1.807, 2.05) is 0 Å². The first-order valence-electron chi connectivity index (χ1n) is 7.00. The van der Waals surface area contributed by atoms with Crippen molar-refractivity contribution in [3.63, 3.8) is 0 Å². The number of unbranched alkanes of at least 4 members (excludes halogenated alkanes) is 6. The van der Waals surface area contributed by atoms with Crippen molar-refractivity contribution in [3.8, 4) is 0 Å².